The lowest BCUT2D eigenvalue weighted by molar-refractivity contribution is -0.0581. The number of hydrogen-bond acceptors (Lipinski definition) is 24. The van der Waals surface area contributed by atoms with E-state index in [2.05, 4.69) is 164 Å². The maximum absolute atomic E-state index is 10.4. The van der Waals surface area contributed by atoms with Crippen molar-refractivity contribution in [3.8, 4) is 11.8 Å². The Balaban J connectivity index is 0.000000223. The van der Waals surface area contributed by atoms with Crippen LogP contribution in [0.3, 0.4) is 0 Å². The largest absolute Gasteiger partial charge is 0.398 e. The van der Waals surface area contributed by atoms with E-state index in [0.717, 1.165) is 24.6 Å². The van der Waals surface area contributed by atoms with Crippen molar-refractivity contribution in [3.05, 3.63) is 106 Å². The second-order valence-corrected chi connectivity index (χ2v) is 45.4. The van der Waals surface area contributed by atoms with Crippen LogP contribution in [0.5, 0.6) is 0 Å². The molecule has 0 amide bonds. The van der Waals surface area contributed by atoms with Gasteiger partial charge in [-0.2, -0.15) is 0 Å². The van der Waals surface area contributed by atoms with E-state index in [4.69, 9.17) is 47.0 Å². The van der Waals surface area contributed by atoms with Crippen LogP contribution >= 0.6 is 59.4 Å². The van der Waals surface area contributed by atoms with Crippen LogP contribution < -0.4 is 22.9 Å². The molecule has 30 heteroatoms. The van der Waals surface area contributed by atoms with Crippen LogP contribution in [-0.2, 0) is 18.9 Å². The molecule has 0 saturated carbocycles. The lowest BCUT2D eigenvalue weighted by Crippen LogP contribution is -2.42. The van der Waals surface area contributed by atoms with Crippen molar-refractivity contribution < 1.29 is 64.9 Å². The summed E-state index contributed by atoms with van der Waals surface area (Å²) < 4.78 is 24.8. The van der Waals surface area contributed by atoms with Gasteiger partial charge in [0, 0.05) is 54.8 Å². The molecular weight excluding hydrogens is 1390 g/mol. The van der Waals surface area contributed by atoms with E-state index < -0.39 is 126 Å². The summed E-state index contributed by atoms with van der Waals surface area (Å²) >= 11 is 6.65. The maximum atomic E-state index is 10.4. The first-order chi connectivity index (χ1) is 42.5. The lowest BCUT2D eigenvalue weighted by atomic mass is 10.1. The second-order valence-electron chi connectivity index (χ2n) is 26.4. The molecule has 0 spiro atoms. The van der Waals surface area contributed by atoms with E-state index in [1.54, 1.807) is 57.4 Å². The molecule has 0 aromatic carbocycles. The van der Waals surface area contributed by atoms with Crippen LogP contribution in [-0.4, -0.2) is 291 Å². The van der Waals surface area contributed by atoms with Gasteiger partial charge in [-0.05, 0) is 149 Å². The number of rotatable bonds is 18. The van der Waals surface area contributed by atoms with Gasteiger partial charge in [0.05, 0.1) is 39.0 Å². The SMILES string of the molecule is C=C1C=C(N)C(Br)=CN1[C@@H]1O[C@H](CCP(=C)(C)C)[C@@H](O)[C@H]1O.C=C1N=C(N)C(Br)=CN1[C@@H]1O[C@H](CCP(=C)(C)C)[C@@H](O)[C@H]1O.C=C1N=C(N)C(C#CC)=CN1[C@@H]1O[C@H](CCP(=C)(C)C)[C@@H](O)[C@H]1O.C=C1N=C(N)C(CCO)=CN1[C@@H]1O[C@H](CCP(=C)(C)C)[C@@H](O)[C@H]1O. The summed E-state index contributed by atoms with van der Waals surface area (Å²) in [6.45, 7) is 29.2. The highest BCUT2D eigenvalue weighted by Crippen LogP contribution is 2.43. The Bertz CT molecular complexity index is 3170. The Labute approximate surface area is 561 Å². The zero-order chi connectivity index (χ0) is 69.4. The molecule has 24 nitrogen and oxygen atoms in total. The van der Waals surface area contributed by atoms with Gasteiger partial charge in [0.1, 0.15) is 83.8 Å². The molecule has 4 saturated heterocycles. The van der Waals surface area contributed by atoms with Crippen molar-refractivity contribution in [1.29, 1.82) is 0 Å². The zero-order valence-corrected chi connectivity index (χ0v) is 61.2. The van der Waals surface area contributed by atoms with Crippen LogP contribution in [0.15, 0.2) is 121 Å². The highest BCUT2D eigenvalue weighted by molar-refractivity contribution is 9.12. The van der Waals surface area contributed by atoms with Gasteiger partial charge in [-0.3, -0.25) is 0 Å². The first kappa shape index (κ1) is 79.0. The molecular formula is C62H101Br2N11O13P4. The van der Waals surface area contributed by atoms with Crippen LogP contribution in [0.25, 0.3) is 0 Å². The van der Waals surface area contributed by atoms with Crippen molar-refractivity contribution in [2.24, 2.45) is 37.9 Å². The first-order valence-corrected chi connectivity index (χ1v) is 43.6. The quantitative estimate of drug-likeness (QED) is 0.0693. The fourth-order valence-corrected chi connectivity index (χ4v) is 14.8. The Morgan fingerprint density at radius 2 is 0.793 bits per heavy atom. The number of hydrogen-bond donors (Lipinski definition) is 13. The number of halogens is 2. The van der Waals surface area contributed by atoms with Gasteiger partial charge in [-0.25, -0.2) is 15.0 Å². The Kier molecular flexibility index (Phi) is 28.3. The lowest BCUT2D eigenvalue weighted by Gasteiger charge is -2.32. The number of ether oxygens (including phenoxy) is 4. The minimum Gasteiger partial charge on any atom is -0.398 e. The number of nitrogens with zero attached hydrogens (tertiary/aromatic N) is 7. The Morgan fingerprint density at radius 3 is 1.14 bits per heavy atom. The van der Waals surface area contributed by atoms with Crippen molar-refractivity contribution in [2.75, 3.05) is 84.6 Å². The number of amidine groups is 3. The molecule has 0 unspecified atom stereocenters. The van der Waals surface area contributed by atoms with E-state index in [0.29, 0.717) is 92.7 Å². The summed E-state index contributed by atoms with van der Waals surface area (Å²) in [5.74, 6) is 7.55. The monoisotopic (exact) mass is 1490 g/mol. The second kappa shape index (κ2) is 33.0. The number of aliphatic hydroxyl groups excluding tert-OH is 9. The van der Waals surface area contributed by atoms with Gasteiger partial charge >= 0.3 is 0 Å². The van der Waals surface area contributed by atoms with Gasteiger partial charge in [-0.15, -0.1) is 58.7 Å². The van der Waals surface area contributed by atoms with Crippen molar-refractivity contribution >= 4 is 102 Å². The van der Waals surface area contributed by atoms with Crippen LogP contribution in [0.4, 0.5) is 0 Å². The fourth-order valence-electron chi connectivity index (χ4n) is 10.4. The number of aliphatic imine (C=N–C) groups is 3. The standard InChI is InChI=1S/C17H26N3O3P.C16H28N3O4P.C15H24BrN2O3P.C14H23BrN3O3P/c1-6-7-12-10-20(11(2)19-16(12)18)17-15(22)14(21)13(23-17)8-9-24(3,4)5;1-10-18-15(17)11(5-7-20)9-19(10)16-14(22)13(21)12(23-16)6-8-24(2,3)4;1-9-7-11(17)10(16)8-18(9)15-14(20)13(19)12(21-15)5-6-22(2,3)4;1-8-17-13(16)9(15)7-18(8)14-12(20)11(19)10(21-14)5-6-22(2,3)4/h10,13-15,17,21-22H,2-3,8-9H2,1,4-5H3,(H2,18,19);9,12-14,16,20-22H,1-2,5-8H2,3-4H3,(H2,17,18);7-8,12-15,19-20H,1-2,5-6,17H2,3-4H3;7,10-12,14,19-20H,1-2,5-6H2,3-4H3,(H2,16,17)/t13-,14-,15-,17-;12-,13-,14-,16-;12-,13-,14-,15-;10-,11-,12-,14-/m1111/s1. The predicted molar refractivity (Wildman–Crippen MR) is 391 cm³/mol. The molecule has 0 aliphatic carbocycles. The smallest absolute Gasteiger partial charge is 0.164 e. The molecule has 0 aromatic rings. The summed E-state index contributed by atoms with van der Waals surface area (Å²) in [6.07, 6.45) is 18.9. The van der Waals surface area contributed by atoms with E-state index in [9.17, 15) is 40.9 Å². The number of nitrogens with two attached hydrogens (primary N) is 4. The van der Waals surface area contributed by atoms with Crippen LogP contribution in [0.1, 0.15) is 39.0 Å². The van der Waals surface area contributed by atoms with Gasteiger partial charge in [0.15, 0.2) is 24.9 Å². The molecule has 8 aliphatic heterocycles. The topological polar surface area (TPSA) is 373 Å². The highest BCUT2D eigenvalue weighted by Gasteiger charge is 2.50. The van der Waals surface area contributed by atoms with Crippen LogP contribution in [0, 0.1) is 11.8 Å². The van der Waals surface area contributed by atoms with E-state index >= 15 is 0 Å². The molecule has 17 N–H and O–H groups in total. The normalized spacial score (nSPS) is 31.9. The molecule has 0 radical (unpaired) electrons. The third kappa shape index (κ3) is 21.6. The molecule has 8 rings (SSSR count). The van der Waals surface area contributed by atoms with E-state index in [-0.39, 0.29) is 12.4 Å². The summed E-state index contributed by atoms with van der Waals surface area (Å²) in [6, 6.07) is 0. The van der Waals surface area contributed by atoms with E-state index in [1.807, 2.05) is 0 Å². The zero-order valence-electron chi connectivity index (χ0n) is 54.5. The molecule has 4 fully saturated rings. The average molecular weight is 1490 g/mol. The minimum atomic E-state index is -1.24. The molecule has 16 atom stereocenters. The van der Waals surface area contributed by atoms with Gasteiger partial charge < -0.3 is 107 Å². The summed E-state index contributed by atoms with van der Waals surface area (Å²) in [7, 11) is 0. The van der Waals surface area contributed by atoms with Gasteiger partial charge in [0.25, 0.3) is 0 Å². The highest BCUT2D eigenvalue weighted by atomic mass is 79.9. The molecule has 92 heavy (non-hydrogen) atoms. The summed E-state index contributed by atoms with van der Waals surface area (Å²) in [5.41, 5.74) is 25.5. The van der Waals surface area contributed by atoms with Gasteiger partial charge in [0.2, 0.25) is 0 Å². The number of aliphatic hydroxyl groups is 9. The molecule has 8 aliphatic rings. The average Bonchev–Trinajstić information content (AvgIpc) is 1.64. The Morgan fingerprint density at radius 1 is 0.478 bits per heavy atom. The summed E-state index contributed by atoms with van der Waals surface area (Å²) in [4.78, 5) is 18.8. The molecule has 8 heterocycles. The fraction of sp³-hybridized carbons (Fsp3) is 0.565. The van der Waals surface area contributed by atoms with Crippen molar-refractivity contribution in [3.63, 3.8) is 0 Å². The van der Waals surface area contributed by atoms with E-state index in [1.165, 1.54) is 0 Å². The number of allylic oxidation sites excluding steroid dienone is 2. The third-order valence-corrected chi connectivity index (χ3v) is 22.8. The minimum absolute atomic E-state index is 0.0655. The molecule has 0 bridgehead atoms. The summed E-state index contributed by atoms with van der Waals surface area (Å²) in [5, 5.41) is 91.6. The van der Waals surface area contributed by atoms with Crippen LogP contribution in [0.2, 0.25) is 0 Å². The predicted octanol–water partition coefficient (Wildman–Crippen LogP) is 2.88. The van der Waals surface area contributed by atoms with Crippen molar-refractivity contribution in [2.45, 2.75) is 137 Å². The first-order valence-electron chi connectivity index (χ1n) is 29.8. The molecule has 516 valence electrons. The van der Waals surface area contributed by atoms with Gasteiger partial charge in [-0.1, -0.05) is 32.2 Å². The van der Waals surface area contributed by atoms with Crippen molar-refractivity contribution in [1.82, 2.24) is 19.6 Å². The third-order valence-electron chi connectivity index (χ3n) is 15.7. The Hall–Kier alpha value is -3.73. The maximum Gasteiger partial charge on any atom is 0.164 e. The molecule has 0 aromatic heterocycles.